The number of anilines is 1. The average molecular weight is 481 g/mol. The minimum atomic E-state index is -2.90. The number of carbonyl (C=O) groups excluding carboxylic acids is 1. The van der Waals surface area contributed by atoms with Crippen LogP contribution < -0.4 is 4.90 Å². The quantitative estimate of drug-likeness (QED) is 0.472. The second kappa shape index (κ2) is 8.96. The maximum atomic E-state index is 12.8. The van der Waals surface area contributed by atoms with Crippen LogP contribution in [0.1, 0.15) is 44.7 Å². The number of likely N-dealkylation sites (N-methyl/N-ethyl adjacent to an activating group) is 1. The third-order valence-corrected chi connectivity index (χ3v) is 6.89. The first-order valence-electron chi connectivity index (χ1n) is 14.8. The molecule has 4 aromatic heterocycles. The highest BCUT2D eigenvalue weighted by molar-refractivity contribution is 5.90. The lowest BCUT2D eigenvalue weighted by atomic mass is 9.95. The number of amides is 1. The number of hydrogen-bond acceptors (Lipinski definition) is 6. The molecule has 0 saturated carbocycles. The molecule has 0 radical (unpaired) electrons. The average Bonchev–Trinajstić information content (AvgIpc) is 3.52. The molecule has 0 bridgehead atoms. The largest absolute Gasteiger partial charge is 0.353 e. The maximum Gasteiger partial charge on any atom is 0.236 e. The van der Waals surface area contributed by atoms with Gasteiger partial charge in [0.2, 0.25) is 5.91 Å². The van der Waals surface area contributed by atoms with Gasteiger partial charge in [-0.15, -0.1) is 0 Å². The van der Waals surface area contributed by atoms with E-state index >= 15 is 0 Å². The molecule has 1 aliphatic heterocycles. The molecule has 0 atom stereocenters. The zero-order valence-electron chi connectivity index (χ0n) is 26.5. The fourth-order valence-electron chi connectivity index (χ4n) is 4.90. The summed E-state index contributed by atoms with van der Waals surface area (Å²) in [5.41, 5.74) is 7.97. The number of nitrogens with zero attached hydrogens (tertiary/aromatic N) is 7. The van der Waals surface area contributed by atoms with Gasteiger partial charge in [-0.2, -0.15) is 5.10 Å². The SMILES string of the molecule is [2H]C([2H])([2H])N(CC(=O)N1CCN(c2ccc3[nH]c(-c4cn5ncnc5c(C)c4C)c(C(C)C)c3n2)CC1)C([2H])([2H])[2H]. The number of piperazine rings is 1. The summed E-state index contributed by atoms with van der Waals surface area (Å²) in [7, 11) is 0. The van der Waals surface area contributed by atoms with Gasteiger partial charge in [0.05, 0.1) is 23.3 Å². The Kier molecular flexibility index (Phi) is 4.36. The Labute approximate surface area is 214 Å². The number of carbonyl (C=O) groups is 1. The number of pyridine rings is 2. The highest BCUT2D eigenvalue weighted by Gasteiger charge is 2.24. The van der Waals surface area contributed by atoms with Crippen LogP contribution in [-0.4, -0.2) is 86.9 Å². The van der Waals surface area contributed by atoms with Crippen molar-refractivity contribution >= 4 is 28.4 Å². The Morgan fingerprint density at radius 3 is 2.66 bits per heavy atom. The third-order valence-electron chi connectivity index (χ3n) is 6.89. The zero-order valence-corrected chi connectivity index (χ0v) is 20.5. The number of hydrogen-bond donors (Lipinski definition) is 1. The van der Waals surface area contributed by atoms with Crippen LogP contribution in [0.5, 0.6) is 0 Å². The molecule has 1 saturated heterocycles. The lowest BCUT2D eigenvalue weighted by Gasteiger charge is -2.36. The van der Waals surface area contributed by atoms with Crippen LogP contribution in [0.25, 0.3) is 27.9 Å². The minimum absolute atomic E-state index is 0.182. The molecule has 4 aromatic rings. The minimum Gasteiger partial charge on any atom is -0.353 e. The molecular formula is C26H34N8O. The van der Waals surface area contributed by atoms with Crippen molar-refractivity contribution in [2.24, 2.45) is 0 Å². The number of aryl methyl sites for hydroxylation is 1. The van der Waals surface area contributed by atoms with Crippen LogP contribution >= 0.6 is 0 Å². The summed E-state index contributed by atoms with van der Waals surface area (Å²) in [6.45, 7) is 3.57. The molecule has 1 N–H and O–H groups in total. The van der Waals surface area contributed by atoms with E-state index in [0.29, 0.717) is 31.1 Å². The molecule has 0 spiro atoms. The van der Waals surface area contributed by atoms with Gasteiger partial charge < -0.3 is 19.7 Å². The lowest BCUT2D eigenvalue weighted by Crippen LogP contribution is -2.50. The Hall–Kier alpha value is -3.46. The first-order valence-corrected chi connectivity index (χ1v) is 11.8. The fourth-order valence-corrected chi connectivity index (χ4v) is 4.90. The van der Waals surface area contributed by atoms with Crippen molar-refractivity contribution in [2.75, 3.05) is 51.6 Å². The molecule has 1 fully saturated rings. The smallest absolute Gasteiger partial charge is 0.236 e. The molecule has 5 rings (SSSR count). The van der Waals surface area contributed by atoms with E-state index in [2.05, 4.69) is 40.7 Å². The van der Waals surface area contributed by atoms with Gasteiger partial charge in [0.1, 0.15) is 12.1 Å². The second-order valence-electron chi connectivity index (χ2n) is 9.41. The van der Waals surface area contributed by atoms with Crippen molar-refractivity contribution in [1.82, 2.24) is 34.4 Å². The van der Waals surface area contributed by atoms with Crippen molar-refractivity contribution in [3.8, 4) is 11.3 Å². The van der Waals surface area contributed by atoms with E-state index in [1.54, 1.807) is 10.8 Å². The van der Waals surface area contributed by atoms with E-state index in [1.807, 2.05) is 25.3 Å². The van der Waals surface area contributed by atoms with E-state index in [-0.39, 0.29) is 5.92 Å². The molecule has 0 unspecified atom stereocenters. The number of nitrogens with one attached hydrogen (secondary N) is 1. The molecular weight excluding hydrogens is 440 g/mol. The molecule has 1 amide bonds. The van der Waals surface area contributed by atoms with E-state index in [0.717, 1.165) is 50.4 Å². The first kappa shape index (κ1) is 17.0. The molecule has 5 heterocycles. The first-order chi connectivity index (χ1) is 19.2. The summed E-state index contributed by atoms with van der Waals surface area (Å²) in [5, 5.41) is 4.35. The van der Waals surface area contributed by atoms with Gasteiger partial charge in [0, 0.05) is 51.7 Å². The lowest BCUT2D eigenvalue weighted by molar-refractivity contribution is -0.132. The molecule has 184 valence electrons. The van der Waals surface area contributed by atoms with Gasteiger partial charge in [-0.05, 0) is 57.0 Å². The van der Waals surface area contributed by atoms with Gasteiger partial charge in [0.15, 0.2) is 5.65 Å². The van der Waals surface area contributed by atoms with Gasteiger partial charge >= 0.3 is 0 Å². The summed E-state index contributed by atoms with van der Waals surface area (Å²) >= 11 is 0. The maximum absolute atomic E-state index is 12.8. The number of rotatable bonds is 5. The predicted octanol–water partition coefficient (Wildman–Crippen LogP) is 3.22. The fraction of sp³-hybridized carbons (Fsp3) is 0.462. The van der Waals surface area contributed by atoms with Crippen molar-refractivity contribution < 1.29 is 13.0 Å². The van der Waals surface area contributed by atoms with Crippen LogP contribution in [-0.2, 0) is 4.79 Å². The van der Waals surface area contributed by atoms with Gasteiger partial charge in [-0.3, -0.25) is 4.79 Å². The summed E-state index contributed by atoms with van der Waals surface area (Å²) in [6, 6.07) is 3.97. The van der Waals surface area contributed by atoms with Crippen LogP contribution in [0, 0.1) is 13.8 Å². The monoisotopic (exact) mass is 480 g/mol. The van der Waals surface area contributed by atoms with Crippen molar-refractivity contribution in [1.29, 1.82) is 0 Å². The van der Waals surface area contributed by atoms with Gasteiger partial charge in [-0.1, -0.05) is 13.8 Å². The Bertz CT molecular complexity index is 1580. The standard InChI is InChI=1S/C26H34N8O/c1-16(2)23-24(19-13-34-26(27-15-28-34)18(4)17(19)3)29-20-7-8-21(30-25(20)23)32-9-11-33(12-10-32)22(35)14-31(5)6/h7-8,13,15-16,29H,9-12,14H2,1-6H3/i5D3,6D3. The highest BCUT2D eigenvalue weighted by atomic mass is 16.2. The molecule has 0 aliphatic carbocycles. The van der Waals surface area contributed by atoms with E-state index in [4.69, 9.17) is 13.2 Å². The van der Waals surface area contributed by atoms with E-state index < -0.39 is 26.4 Å². The summed E-state index contributed by atoms with van der Waals surface area (Å²) in [4.78, 5) is 29.7. The predicted molar refractivity (Wildman–Crippen MR) is 139 cm³/mol. The molecule has 9 nitrogen and oxygen atoms in total. The Morgan fingerprint density at radius 2 is 1.94 bits per heavy atom. The number of aromatic nitrogens is 5. The zero-order chi connectivity index (χ0) is 29.9. The van der Waals surface area contributed by atoms with Crippen molar-refractivity contribution in [3.63, 3.8) is 0 Å². The summed E-state index contributed by atoms with van der Waals surface area (Å²) in [6.07, 6.45) is 3.55. The molecule has 9 heteroatoms. The van der Waals surface area contributed by atoms with Crippen LogP contribution in [0.4, 0.5) is 5.82 Å². The Morgan fingerprint density at radius 1 is 1.17 bits per heavy atom. The topological polar surface area (TPSA) is 85.7 Å². The van der Waals surface area contributed by atoms with Crippen molar-refractivity contribution in [3.05, 3.63) is 41.3 Å². The van der Waals surface area contributed by atoms with Crippen LogP contribution in [0.15, 0.2) is 24.7 Å². The molecule has 1 aliphatic rings. The van der Waals surface area contributed by atoms with E-state index in [9.17, 15) is 4.79 Å². The highest BCUT2D eigenvalue weighted by Crippen LogP contribution is 2.37. The van der Waals surface area contributed by atoms with Crippen LogP contribution in [0.3, 0.4) is 0 Å². The number of fused-ring (bicyclic) bond motifs is 2. The summed E-state index contributed by atoms with van der Waals surface area (Å²) < 4.78 is 46.9. The third kappa shape index (κ3) is 4.14. The van der Waals surface area contributed by atoms with Crippen molar-refractivity contribution in [2.45, 2.75) is 33.6 Å². The van der Waals surface area contributed by atoms with Crippen LogP contribution in [0.2, 0.25) is 0 Å². The van der Waals surface area contributed by atoms with E-state index in [1.165, 1.54) is 4.90 Å². The molecule has 0 aromatic carbocycles. The summed E-state index contributed by atoms with van der Waals surface area (Å²) in [5.74, 6) is 0.442. The Balaban J connectivity index is 1.39. The van der Waals surface area contributed by atoms with Gasteiger partial charge in [-0.25, -0.2) is 14.5 Å². The molecule has 35 heavy (non-hydrogen) atoms. The number of aromatic amines is 1. The normalized spacial score (nSPS) is 18.0. The van der Waals surface area contributed by atoms with Gasteiger partial charge in [0.25, 0.3) is 0 Å². The second-order valence-corrected chi connectivity index (χ2v) is 9.41. The number of H-pyrrole nitrogens is 1.